The Bertz CT molecular complexity index is 703. The van der Waals surface area contributed by atoms with Crippen LogP contribution in [-0.4, -0.2) is 14.5 Å². The van der Waals surface area contributed by atoms with Crippen LogP contribution in [-0.2, 0) is 5.33 Å². The van der Waals surface area contributed by atoms with E-state index in [1.807, 2.05) is 35.9 Å². The van der Waals surface area contributed by atoms with Crippen molar-refractivity contribution in [2.75, 3.05) is 0 Å². The molecule has 0 aliphatic rings. The quantitative estimate of drug-likeness (QED) is 0.677. The molecule has 0 spiro atoms. The second-order valence-electron chi connectivity index (χ2n) is 4.14. The lowest BCUT2D eigenvalue weighted by molar-refractivity contribution is 0.928. The highest BCUT2D eigenvalue weighted by Crippen LogP contribution is 2.22. The number of benzene rings is 1. The molecule has 0 bridgehead atoms. The predicted molar refractivity (Wildman–Crippen MR) is 76.2 cm³/mol. The van der Waals surface area contributed by atoms with Gasteiger partial charge >= 0.3 is 0 Å². The number of hydrogen-bond donors (Lipinski definition) is 0. The molecule has 0 N–H and O–H groups in total. The molecule has 0 aliphatic carbocycles. The molecule has 1 aromatic carbocycles. The zero-order valence-corrected chi connectivity index (χ0v) is 11.6. The fourth-order valence-electron chi connectivity index (χ4n) is 2.06. The normalized spacial score (nSPS) is 11.0. The summed E-state index contributed by atoms with van der Waals surface area (Å²) in [6.45, 7) is 1.98. The summed E-state index contributed by atoms with van der Waals surface area (Å²) in [6.07, 6.45) is 3.74. The van der Waals surface area contributed by atoms with Gasteiger partial charge in [-0.1, -0.05) is 34.1 Å². The van der Waals surface area contributed by atoms with E-state index in [1.165, 1.54) is 0 Å². The summed E-state index contributed by atoms with van der Waals surface area (Å²) in [5.41, 5.74) is 2.17. The third-order valence-corrected chi connectivity index (χ3v) is 3.58. The highest BCUT2D eigenvalue weighted by molar-refractivity contribution is 9.08. The number of imidazole rings is 1. The van der Waals surface area contributed by atoms with Gasteiger partial charge in [-0.05, 0) is 19.1 Å². The maximum atomic E-state index is 4.74. The maximum Gasteiger partial charge on any atom is 0.142 e. The lowest BCUT2D eigenvalue weighted by Gasteiger charge is -2.10. The van der Waals surface area contributed by atoms with Gasteiger partial charge in [0.25, 0.3) is 0 Å². The van der Waals surface area contributed by atoms with E-state index in [1.54, 1.807) is 6.20 Å². The van der Waals surface area contributed by atoms with Crippen LogP contribution in [0, 0.1) is 6.92 Å². The number of aromatic nitrogens is 3. The number of fused-ring (bicyclic) bond motifs is 1. The molecule has 4 heteroatoms. The van der Waals surface area contributed by atoms with E-state index in [-0.39, 0.29) is 0 Å². The standard InChI is InChI=1S/C14H12BrN3/c1-10-16-6-7-18(10)14-12(9-15)8-11-4-2-3-5-13(11)17-14/h2-8H,9H2,1H3. The Morgan fingerprint density at radius 3 is 2.83 bits per heavy atom. The average molecular weight is 302 g/mol. The van der Waals surface area contributed by atoms with Gasteiger partial charge in [0, 0.05) is 28.7 Å². The second-order valence-corrected chi connectivity index (χ2v) is 4.70. The molecular weight excluding hydrogens is 290 g/mol. The number of pyridine rings is 1. The topological polar surface area (TPSA) is 30.7 Å². The Hall–Kier alpha value is -1.68. The van der Waals surface area contributed by atoms with Crippen molar-refractivity contribution in [1.29, 1.82) is 0 Å². The van der Waals surface area contributed by atoms with E-state index >= 15 is 0 Å². The van der Waals surface area contributed by atoms with Crippen molar-refractivity contribution in [1.82, 2.24) is 14.5 Å². The molecule has 0 aliphatic heterocycles. The summed E-state index contributed by atoms with van der Waals surface area (Å²) in [6, 6.07) is 10.3. The lowest BCUT2D eigenvalue weighted by Crippen LogP contribution is -2.03. The van der Waals surface area contributed by atoms with Crippen LogP contribution in [0.5, 0.6) is 0 Å². The van der Waals surface area contributed by atoms with Gasteiger partial charge in [-0.15, -0.1) is 0 Å². The minimum absolute atomic E-state index is 0.776. The van der Waals surface area contributed by atoms with Gasteiger partial charge in [-0.2, -0.15) is 0 Å². The van der Waals surface area contributed by atoms with Crippen LogP contribution in [0.3, 0.4) is 0 Å². The van der Waals surface area contributed by atoms with Crippen LogP contribution >= 0.6 is 15.9 Å². The fourth-order valence-corrected chi connectivity index (χ4v) is 2.47. The Morgan fingerprint density at radius 2 is 2.11 bits per heavy atom. The van der Waals surface area contributed by atoms with Gasteiger partial charge in [0.15, 0.2) is 0 Å². The highest BCUT2D eigenvalue weighted by atomic mass is 79.9. The van der Waals surface area contributed by atoms with Gasteiger partial charge in [0.1, 0.15) is 11.6 Å². The molecular formula is C14H12BrN3. The first-order valence-corrected chi connectivity index (χ1v) is 6.86. The molecule has 3 rings (SSSR count). The van der Waals surface area contributed by atoms with Crippen LogP contribution in [0.2, 0.25) is 0 Å². The Kier molecular flexibility index (Phi) is 2.88. The second kappa shape index (κ2) is 4.53. The first kappa shape index (κ1) is 11.4. The highest BCUT2D eigenvalue weighted by Gasteiger charge is 2.09. The van der Waals surface area contributed by atoms with Crippen LogP contribution in [0.15, 0.2) is 42.7 Å². The van der Waals surface area contributed by atoms with E-state index in [4.69, 9.17) is 4.98 Å². The summed E-state index contributed by atoms with van der Waals surface area (Å²) in [7, 11) is 0. The SMILES string of the molecule is Cc1nccn1-c1nc2ccccc2cc1CBr. The van der Waals surface area contributed by atoms with Crippen molar-refractivity contribution in [3.05, 3.63) is 54.1 Å². The average Bonchev–Trinajstić information content (AvgIpc) is 2.83. The third-order valence-electron chi connectivity index (χ3n) is 2.98. The van der Waals surface area contributed by atoms with E-state index < -0.39 is 0 Å². The minimum atomic E-state index is 0.776. The van der Waals surface area contributed by atoms with Crippen molar-refractivity contribution < 1.29 is 0 Å². The van der Waals surface area contributed by atoms with Gasteiger partial charge in [0.2, 0.25) is 0 Å². The molecule has 3 nitrogen and oxygen atoms in total. The van der Waals surface area contributed by atoms with Gasteiger partial charge < -0.3 is 0 Å². The third kappa shape index (κ3) is 1.82. The number of nitrogens with zero attached hydrogens (tertiary/aromatic N) is 3. The van der Waals surface area contributed by atoms with Crippen LogP contribution in [0.1, 0.15) is 11.4 Å². The van der Waals surface area contributed by atoms with E-state index in [0.717, 1.165) is 33.4 Å². The number of para-hydroxylation sites is 1. The molecule has 0 amide bonds. The summed E-state index contributed by atoms with van der Waals surface area (Å²) in [4.78, 5) is 9.00. The molecule has 0 unspecified atom stereocenters. The molecule has 0 atom stereocenters. The molecule has 3 aromatic rings. The molecule has 2 heterocycles. The first-order chi connectivity index (χ1) is 8.79. The van der Waals surface area contributed by atoms with Crippen LogP contribution in [0.4, 0.5) is 0 Å². The number of alkyl halides is 1. The molecule has 0 radical (unpaired) electrons. The molecule has 0 saturated carbocycles. The Labute approximate surface area is 114 Å². The van der Waals surface area contributed by atoms with Gasteiger partial charge in [-0.25, -0.2) is 9.97 Å². The molecule has 90 valence electrons. The smallest absolute Gasteiger partial charge is 0.142 e. The van der Waals surface area contributed by atoms with E-state index in [0.29, 0.717) is 0 Å². The molecule has 2 aromatic heterocycles. The van der Waals surface area contributed by atoms with Crippen molar-refractivity contribution in [2.24, 2.45) is 0 Å². The molecule has 18 heavy (non-hydrogen) atoms. The fraction of sp³-hybridized carbons (Fsp3) is 0.143. The predicted octanol–water partition coefficient (Wildman–Crippen LogP) is 3.62. The summed E-state index contributed by atoms with van der Waals surface area (Å²) in [5.74, 6) is 1.89. The van der Waals surface area contributed by atoms with Gasteiger partial charge in [0.05, 0.1) is 5.52 Å². The van der Waals surface area contributed by atoms with Crippen molar-refractivity contribution >= 4 is 26.8 Å². The minimum Gasteiger partial charge on any atom is -0.288 e. The van der Waals surface area contributed by atoms with Gasteiger partial charge in [-0.3, -0.25) is 4.57 Å². The van der Waals surface area contributed by atoms with Crippen molar-refractivity contribution in [3.63, 3.8) is 0 Å². The van der Waals surface area contributed by atoms with Crippen molar-refractivity contribution in [3.8, 4) is 5.82 Å². The van der Waals surface area contributed by atoms with E-state index in [9.17, 15) is 0 Å². The number of halogens is 1. The Morgan fingerprint density at radius 1 is 1.28 bits per heavy atom. The Balaban J connectivity index is 2.31. The first-order valence-electron chi connectivity index (χ1n) is 5.74. The monoisotopic (exact) mass is 301 g/mol. The maximum absolute atomic E-state index is 4.74. The summed E-state index contributed by atoms with van der Waals surface area (Å²) in [5, 5.41) is 1.94. The van der Waals surface area contributed by atoms with Crippen LogP contribution in [0.25, 0.3) is 16.7 Å². The lowest BCUT2D eigenvalue weighted by atomic mass is 10.1. The zero-order valence-electron chi connectivity index (χ0n) is 9.97. The molecule has 0 saturated heterocycles. The van der Waals surface area contributed by atoms with Crippen molar-refractivity contribution in [2.45, 2.75) is 12.3 Å². The summed E-state index contributed by atoms with van der Waals surface area (Å²) < 4.78 is 2.02. The van der Waals surface area contributed by atoms with E-state index in [2.05, 4.69) is 33.0 Å². The number of aryl methyl sites for hydroxylation is 1. The summed E-state index contributed by atoms with van der Waals surface area (Å²) >= 11 is 3.53. The zero-order chi connectivity index (χ0) is 12.5. The number of rotatable bonds is 2. The molecule has 0 fully saturated rings. The number of hydrogen-bond acceptors (Lipinski definition) is 2. The largest absolute Gasteiger partial charge is 0.288 e. The van der Waals surface area contributed by atoms with Crippen LogP contribution < -0.4 is 0 Å².